The molecule has 0 bridgehead atoms. The summed E-state index contributed by atoms with van der Waals surface area (Å²) >= 11 is 1.55. The van der Waals surface area contributed by atoms with Gasteiger partial charge in [-0.1, -0.05) is 79.0 Å². The summed E-state index contributed by atoms with van der Waals surface area (Å²) in [4.78, 5) is 18.0. The van der Waals surface area contributed by atoms with Gasteiger partial charge in [0.05, 0.1) is 5.57 Å². The van der Waals surface area contributed by atoms with E-state index < -0.39 is 12.0 Å². The van der Waals surface area contributed by atoms with Gasteiger partial charge in [-0.2, -0.15) is 4.98 Å². The van der Waals surface area contributed by atoms with E-state index in [0.29, 0.717) is 29.0 Å². The predicted octanol–water partition coefficient (Wildman–Crippen LogP) is 7.09. The van der Waals surface area contributed by atoms with Crippen LogP contribution < -0.4 is 10.1 Å². The Hall–Kier alpha value is -4.30. The molecule has 5 rings (SSSR count). The Labute approximate surface area is 245 Å². The maximum atomic E-state index is 13.2. The number of benzene rings is 3. The number of fused-ring (bicyclic) bond motifs is 1. The van der Waals surface area contributed by atoms with Crippen molar-refractivity contribution < 1.29 is 14.3 Å². The first-order valence-electron chi connectivity index (χ1n) is 13.5. The highest BCUT2D eigenvalue weighted by Crippen LogP contribution is 2.37. The SMILES string of the molecule is C=CCOC(=O)C1=C(C)Nc2nc(SCc3ccccc3)nn2C1c1ccc(OCc2cc(C)c(C)cc2C)cc1. The normalized spacial score (nSPS) is 14.3. The average molecular weight is 567 g/mol. The van der Waals surface area contributed by atoms with Gasteiger partial charge in [0.1, 0.15) is 25.0 Å². The number of carbonyl (C=O) groups excluding carboxylic acids is 1. The van der Waals surface area contributed by atoms with Crippen molar-refractivity contribution in [2.45, 2.75) is 51.3 Å². The molecule has 4 aromatic rings. The van der Waals surface area contributed by atoms with Gasteiger partial charge in [-0.05, 0) is 73.2 Å². The predicted molar refractivity (Wildman–Crippen MR) is 163 cm³/mol. The van der Waals surface area contributed by atoms with Crippen LogP contribution in [0.4, 0.5) is 5.95 Å². The summed E-state index contributed by atoms with van der Waals surface area (Å²) in [6.07, 6.45) is 1.56. The molecular weight excluding hydrogens is 532 g/mol. The van der Waals surface area contributed by atoms with Crippen LogP contribution in [0.3, 0.4) is 0 Å². The van der Waals surface area contributed by atoms with Gasteiger partial charge in [0, 0.05) is 11.4 Å². The number of esters is 1. The lowest BCUT2D eigenvalue weighted by atomic mass is 9.96. The number of nitrogens with zero attached hydrogens (tertiary/aromatic N) is 3. The molecule has 0 saturated heterocycles. The van der Waals surface area contributed by atoms with E-state index in [9.17, 15) is 4.79 Å². The second-order valence-electron chi connectivity index (χ2n) is 10.1. The molecule has 0 fully saturated rings. The zero-order valence-corrected chi connectivity index (χ0v) is 24.6. The molecule has 0 spiro atoms. The van der Waals surface area contributed by atoms with Crippen LogP contribution in [-0.4, -0.2) is 27.3 Å². The lowest BCUT2D eigenvalue weighted by Gasteiger charge is -2.28. The fourth-order valence-corrected chi connectivity index (χ4v) is 5.57. The van der Waals surface area contributed by atoms with Gasteiger partial charge >= 0.3 is 5.97 Å². The van der Waals surface area contributed by atoms with Crippen LogP contribution in [0, 0.1) is 20.8 Å². The number of hydrogen-bond donors (Lipinski definition) is 1. The first kappa shape index (κ1) is 28.2. The summed E-state index contributed by atoms with van der Waals surface area (Å²) in [6.45, 7) is 12.5. The van der Waals surface area contributed by atoms with Crippen molar-refractivity contribution in [2.24, 2.45) is 0 Å². The Kier molecular flexibility index (Phi) is 8.59. The largest absolute Gasteiger partial charge is 0.489 e. The smallest absolute Gasteiger partial charge is 0.338 e. The fourth-order valence-electron chi connectivity index (χ4n) is 4.78. The van der Waals surface area contributed by atoms with Crippen molar-refractivity contribution in [3.8, 4) is 5.75 Å². The van der Waals surface area contributed by atoms with Gasteiger partial charge in [0.25, 0.3) is 0 Å². The minimum absolute atomic E-state index is 0.120. The van der Waals surface area contributed by atoms with E-state index in [4.69, 9.17) is 19.6 Å². The van der Waals surface area contributed by atoms with Crippen LogP contribution in [0.15, 0.2) is 95.8 Å². The zero-order chi connectivity index (χ0) is 28.9. The molecule has 1 atom stereocenters. The number of aryl methyl sites for hydroxylation is 3. The standard InChI is InChI=1S/C33H34N4O3S/c1-6-16-39-31(38)29-24(5)34-32-35-33(41-20-25-10-8-7-9-11-25)36-37(32)30(29)26-12-14-28(15-13-26)40-19-27-18-22(3)21(2)17-23(27)4/h6-15,17-18,30H,1,16,19-20H2,2-5H3,(H,34,35,36). The summed E-state index contributed by atoms with van der Waals surface area (Å²) in [7, 11) is 0. The molecule has 2 heterocycles. The van der Waals surface area contributed by atoms with Crippen LogP contribution in [0.1, 0.15) is 46.3 Å². The maximum Gasteiger partial charge on any atom is 0.338 e. The highest BCUT2D eigenvalue weighted by Gasteiger charge is 2.35. The minimum atomic E-state index is -0.516. The van der Waals surface area contributed by atoms with Gasteiger partial charge < -0.3 is 14.8 Å². The van der Waals surface area contributed by atoms with Crippen molar-refractivity contribution in [1.29, 1.82) is 0 Å². The Morgan fingerprint density at radius 2 is 1.76 bits per heavy atom. The second-order valence-corrected chi connectivity index (χ2v) is 11.1. The summed E-state index contributed by atoms with van der Waals surface area (Å²) in [5, 5.41) is 8.68. The average Bonchev–Trinajstić information content (AvgIpc) is 3.38. The van der Waals surface area contributed by atoms with Crippen LogP contribution in [0.25, 0.3) is 0 Å². The third-order valence-corrected chi connectivity index (χ3v) is 8.05. The van der Waals surface area contributed by atoms with Crippen LogP contribution in [0.2, 0.25) is 0 Å². The van der Waals surface area contributed by atoms with E-state index in [-0.39, 0.29) is 6.61 Å². The van der Waals surface area contributed by atoms with E-state index >= 15 is 0 Å². The molecule has 3 aromatic carbocycles. The molecule has 7 nitrogen and oxygen atoms in total. The number of anilines is 1. The lowest BCUT2D eigenvalue weighted by Crippen LogP contribution is -2.29. The highest BCUT2D eigenvalue weighted by molar-refractivity contribution is 7.98. The summed E-state index contributed by atoms with van der Waals surface area (Å²) < 4.78 is 13.4. The number of ether oxygens (including phenoxy) is 2. The van der Waals surface area contributed by atoms with E-state index in [0.717, 1.165) is 22.6 Å². The third kappa shape index (κ3) is 6.38. The Balaban J connectivity index is 1.41. The number of allylic oxidation sites excluding steroid dienone is 1. The third-order valence-electron chi connectivity index (χ3n) is 7.14. The Bertz CT molecular complexity index is 1590. The number of rotatable bonds is 10. The molecule has 0 radical (unpaired) electrons. The first-order valence-corrected chi connectivity index (χ1v) is 14.5. The molecule has 1 aliphatic rings. The number of aromatic nitrogens is 3. The molecule has 210 valence electrons. The van der Waals surface area contributed by atoms with Gasteiger partial charge in [-0.15, -0.1) is 5.10 Å². The monoisotopic (exact) mass is 566 g/mol. The number of carbonyl (C=O) groups is 1. The summed E-state index contributed by atoms with van der Waals surface area (Å²) in [6, 6.07) is 21.8. The highest BCUT2D eigenvalue weighted by atomic mass is 32.2. The molecular formula is C33H34N4O3S. The van der Waals surface area contributed by atoms with Crippen molar-refractivity contribution in [2.75, 3.05) is 11.9 Å². The number of hydrogen-bond acceptors (Lipinski definition) is 7. The zero-order valence-electron chi connectivity index (χ0n) is 23.8. The second kappa shape index (κ2) is 12.5. The van der Waals surface area contributed by atoms with Crippen LogP contribution in [-0.2, 0) is 21.9 Å². The maximum absolute atomic E-state index is 13.2. The van der Waals surface area contributed by atoms with Gasteiger partial charge in [-0.25, -0.2) is 9.48 Å². The Morgan fingerprint density at radius 3 is 2.49 bits per heavy atom. The fraction of sp³-hybridized carbons (Fsp3) is 0.242. The van der Waals surface area contributed by atoms with Crippen LogP contribution >= 0.6 is 11.8 Å². The molecule has 1 aromatic heterocycles. The molecule has 1 N–H and O–H groups in total. The lowest BCUT2D eigenvalue weighted by molar-refractivity contribution is -0.138. The van der Waals surface area contributed by atoms with Crippen molar-refractivity contribution >= 4 is 23.7 Å². The van der Waals surface area contributed by atoms with E-state index in [1.165, 1.54) is 22.3 Å². The van der Waals surface area contributed by atoms with E-state index in [2.05, 4.69) is 56.9 Å². The van der Waals surface area contributed by atoms with Gasteiger partial charge in [0.2, 0.25) is 11.1 Å². The number of nitrogens with one attached hydrogen (secondary N) is 1. The van der Waals surface area contributed by atoms with Crippen molar-refractivity contribution in [1.82, 2.24) is 14.8 Å². The molecule has 0 amide bonds. The first-order chi connectivity index (χ1) is 19.8. The molecule has 1 unspecified atom stereocenters. The molecule has 41 heavy (non-hydrogen) atoms. The molecule has 0 aliphatic carbocycles. The molecule has 8 heteroatoms. The molecule has 1 aliphatic heterocycles. The summed E-state index contributed by atoms with van der Waals surface area (Å²) in [5.41, 5.74) is 8.10. The topological polar surface area (TPSA) is 78.3 Å². The molecule has 0 saturated carbocycles. The van der Waals surface area contributed by atoms with Gasteiger partial charge in [-0.3, -0.25) is 0 Å². The van der Waals surface area contributed by atoms with Crippen molar-refractivity contribution in [3.63, 3.8) is 0 Å². The quantitative estimate of drug-likeness (QED) is 0.125. The number of thioether (sulfide) groups is 1. The Morgan fingerprint density at radius 1 is 1.02 bits per heavy atom. The summed E-state index contributed by atoms with van der Waals surface area (Å²) in [5.74, 6) is 1.63. The van der Waals surface area contributed by atoms with E-state index in [1.54, 1.807) is 22.5 Å². The van der Waals surface area contributed by atoms with Gasteiger partial charge in [0.15, 0.2) is 0 Å². The van der Waals surface area contributed by atoms with E-state index in [1.807, 2.05) is 49.4 Å². The minimum Gasteiger partial charge on any atom is -0.489 e. The van der Waals surface area contributed by atoms with Crippen molar-refractivity contribution in [3.05, 3.63) is 124 Å². The van der Waals surface area contributed by atoms with Crippen LogP contribution in [0.5, 0.6) is 5.75 Å².